The van der Waals surface area contributed by atoms with E-state index in [1.807, 2.05) is 30.3 Å². The lowest BCUT2D eigenvalue weighted by atomic mass is 10.1. The summed E-state index contributed by atoms with van der Waals surface area (Å²) in [6.07, 6.45) is -2.44. The van der Waals surface area contributed by atoms with Crippen molar-refractivity contribution in [2.75, 3.05) is 13.2 Å². The van der Waals surface area contributed by atoms with E-state index in [1.165, 1.54) is 0 Å². The topological polar surface area (TPSA) is 76.0 Å². The van der Waals surface area contributed by atoms with Crippen LogP contribution in [0.15, 0.2) is 30.3 Å². The lowest BCUT2D eigenvalue weighted by Crippen LogP contribution is -2.39. The Hall–Kier alpha value is -1.27. The van der Waals surface area contributed by atoms with Crippen LogP contribution in [0.5, 0.6) is 0 Å². The molecule has 3 unspecified atom stereocenters. The van der Waals surface area contributed by atoms with Crippen LogP contribution < -0.4 is 0 Å². The number of carbonyl (C=O) groups excluding carboxylic acids is 1. The zero-order chi connectivity index (χ0) is 13.0. The second-order valence-corrected chi connectivity index (χ2v) is 4.21. The van der Waals surface area contributed by atoms with Crippen molar-refractivity contribution in [2.45, 2.75) is 24.9 Å². The monoisotopic (exact) mass is 252 g/mol. The third-order valence-corrected chi connectivity index (χ3v) is 2.88. The van der Waals surface area contributed by atoms with Gasteiger partial charge in [0.15, 0.2) is 5.78 Å². The molecule has 1 fully saturated rings. The van der Waals surface area contributed by atoms with E-state index in [0.29, 0.717) is 6.61 Å². The van der Waals surface area contributed by atoms with Gasteiger partial charge in [-0.25, -0.2) is 0 Å². The molecule has 5 heteroatoms. The standard InChI is InChI=1S/C13H16O5/c14-6-10(15)12-13(11(16)8-18-12)17-7-9-4-2-1-3-5-9/h1-5,11-14,16H,6-8H2. The molecule has 2 rings (SSSR count). The van der Waals surface area contributed by atoms with Crippen LogP contribution in [0.1, 0.15) is 5.56 Å². The van der Waals surface area contributed by atoms with Crippen LogP contribution in [0, 0.1) is 0 Å². The highest BCUT2D eigenvalue weighted by atomic mass is 16.6. The molecule has 2 N–H and O–H groups in total. The minimum Gasteiger partial charge on any atom is -0.388 e. The highest BCUT2D eigenvalue weighted by molar-refractivity contribution is 5.85. The molecule has 0 bridgehead atoms. The zero-order valence-corrected chi connectivity index (χ0v) is 9.86. The maximum Gasteiger partial charge on any atom is 0.189 e. The number of rotatable bonds is 5. The lowest BCUT2D eigenvalue weighted by molar-refractivity contribution is -0.137. The Bertz CT molecular complexity index is 392. The van der Waals surface area contributed by atoms with Crippen molar-refractivity contribution in [1.82, 2.24) is 0 Å². The van der Waals surface area contributed by atoms with Crippen LogP contribution in [-0.4, -0.2) is 47.5 Å². The number of ether oxygens (including phenoxy) is 2. The first kappa shape index (κ1) is 13.2. The Morgan fingerprint density at radius 2 is 2.11 bits per heavy atom. The Labute approximate surface area is 105 Å². The van der Waals surface area contributed by atoms with E-state index in [-0.39, 0.29) is 6.61 Å². The van der Waals surface area contributed by atoms with Crippen LogP contribution >= 0.6 is 0 Å². The molecule has 1 aliphatic heterocycles. The Morgan fingerprint density at radius 3 is 2.78 bits per heavy atom. The van der Waals surface area contributed by atoms with E-state index in [2.05, 4.69) is 0 Å². The van der Waals surface area contributed by atoms with Crippen LogP contribution in [0.25, 0.3) is 0 Å². The largest absolute Gasteiger partial charge is 0.388 e. The Balaban J connectivity index is 1.96. The third-order valence-electron chi connectivity index (χ3n) is 2.88. The molecule has 0 spiro atoms. The smallest absolute Gasteiger partial charge is 0.189 e. The van der Waals surface area contributed by atoms with Gasteiger partial charge in [-0.05, 0) is 5.56 Å². The van der Waals surface area contributed by atoms with Crippen molar-refractivity contribution in [3.63, 3.8) is 0 Å². The van der Waals surface area contributed by atoms with Crippen molar-refractivity contribution in [1.29, 1.82) is 0 Å². The number of aliphatic hydroxyl groups excluding tert-OH is 2. The number of Topliss-reactive ketones (excluding diaryl/α,β-unsaturated/α-hetero) is 1. The molecule has 98 valence electrons. The summed E-state index contributed by atoms with van der Waals surface area (Å²) in [5.41, 5.74) is 0.951. The molecule has 18 heavy (non-hydrogen) atoms. The number of carbonyl (C=O) groups is 1. The van der Waals surface area contributed by atoms with Crippen LogP contribution in [0.4, 0.5) is 0 Å². The summed E-state index contributed by atoms with van der Waals surface area (Å²) in [6.45, 7) is -0.264. The van der Waals surface area contributed by atoms with Gasteiger partial charge in [-0.3, -0.25) is 4.79 Å². The summed E-state index contributed by atoms with van der Waals surface area (Å²) in [7, 11) is 0. The molecular weight excluding hydrogens is 236 g/mol. The van der Waals surface area contributed by atoms with E-state index in [9.17, 15) is 9.90 Å². The van der Waals surface area contributed by atoms with Gasteiger partial charge in [0.1, 0.15) is 24.9 Å². The van der Waals surface area contributed by atoms with Gasteiger partial charge in [0.2, 0.25) is 0 Å². The molecule has 1 aromatic rings. The SMILES string of the molecule is O=C(CO)C1OCC(O)C1OCc1ccccc1. The van der Waals surface area contributed by atoms with Gasteiger partial charge in [-0.1, -0.05) is 30.3 Å². The van der Waals surface area contributed by atoms with Crippen LogP contribution in [-0.2, 0) is 20.9 Å². The first-order chi connectivity index (χ1) is 8.72. The summed E-state index contributed by atoms with van der Waals surface area (Å²) >= 11 is 0. The molecule has 0 aromatic heterocycles. The highest BCUT2D eigenvalue weighted by Crippen LogP contribution is 2.20. The maximum absolute atomic E-state index is 11.4. The maximum atomic E-state index is 11.4. The van der Waals surface area contributed by atoms with Crippen molar-refractivity contribution < 1.29 is 24.5 Å². The summed E-state index contributed by atoms with van der Waals surface area (Å²) in [5, 5.41) is 18.5. The highest BCUT2D eigenvalue weighted by Gasteiger charge is 2.41. The van der Waals surface area contributed by atoms with E-state index in [0.717, 1.165) is 5.56 Å². The first-order valence-corrected chi connectivity index (χ1v) is 5.81. The van der Waals surface area contributed by atoms with Crippen molar-refractivity contribution >= 4 is 5.78 Å². The fourth-order valence-electron chi connectivity index (χ4n) is 1.92. The van der Waals surface area contributed by atoms with Gasteiger partial charge in [-0.15, -0.1) is 0 Å². The van der Waals surface area contributed by atoms with Crippen LogP contribution in [0.3, 0.4) is 0 Å². The Kier molecular flexibility index (Phi) is 4.43. The van der Waals surface area contributed by atoms with Crippen molar-refractivity contribution in [2.24, 2.45) is 0 Å². The number of hydrogen-bond acceptors (Lipinski definition) is 5. The minimum absolute atomic E-state index is 0.0515. The van der Waals surface area contributed by atoms with E-state index < -0.39 is 30.7 Å². The summed E-state index contributed by atoms with van der Waals surface area (Å²) in [6, 6.07) is 9.46. The second-order valence-electron chi connectivity index (χ2n) is 4.21. The number of benzene rings is 1. The molecule has 0 radical (unpaired) electrons. The second kappa shape index (κ2) is 6.06. The molecule has 1 aliphatic rings. The van der Waals surface area contributed by atoms with E-state index in [1.54, 1.807) is 0 Å². The Morgan fingerprint density at radius 1 is 1.39 bits per heavy atom. The van der Waals surface area contributed by atoms with E-state index in [4.69, 9.17) is 14.6 Å². The normalized spacial score (nSPS) is 27.3. The molecule has 1 heterocycles. The predicted molar refractivity (Wildman–Crippen MR) is 62.9 cm³/mol. The van der Waals surface area contributed by atoms with Gasteiger partial charge in [0.05, 0.1) is 13.2 Å². The predicted octanol–water partition coefficient (Wildman–Crippen LogP) is -0.107. The molecule has 0 saturated carbocycles. The molecule has 1 saturated heterocycles. The number of hydrogen-bond donors (Lipinski definition) is 2. The molecule has 3 atom stereocenters. The van der Waals surface area contributed by atoms with Gasteiger partial charge >= 0.3 is 0 Å². The number of aliphatic hydroxyl groups is 2. The van der Waals surface area contributed by atoms with Crippen molar-refractivity contribution in [3.8, 4) is 0 Å². The average Bonchev–Trinajstić information content (AvgIpc) is 2.78. The molecule has 0 aliphatic carbocycles. The number of ketones is 1. The molecular formula is C13H16O5. The first-order valence-electron chi connectivity index (χ1n) is 5.81. The summed E-state index contributed by atoms with van der Waals surface area (Å²) < 4.78 is 10.7. The molecule has 1 aromatic carbocycles. The van der Waals surface area contributed by atoms with Gasteiger partial charge in [0, 0.05) is 0 Å². The molecule has 0 amide bonds. The fraction of sp³-hybridized carbons (Fsp3) is 0.462. The van der Waals surface area contributed by atoms with Crippen LogP contribution in [0.2, 0.25) is 0 Å². The molecule has 5 nitrogen and oxygen atoms in total. The van der Waals surface area contributed by atoms with Gasteiger partial charge in [-0.2, -0.15) is 0 Å². The lowest BCUT2D eigenvalue weighted by Gasteiger charge is -2.19. The van der Waals surface area contributed by atoms with Gasteiger partial charge < -0.3 is 19.7 Å². The summed E-state index contributed by atoms with van der Waals surface area (Å²) in [4.78, 5) is 11.4. The average molecular weight is 252 g/mol. The van der Waals surface area contributed by atoms with E-state index >= 15 is 0 Å². The quantitative estimate of drug-likeness (QED) is 0.765. The fourth-order valence-corrected chi connectivity index (χ4v) is 1.92. The summed E-state index contributed by atoms with van der Waals surface area (Å²) in [5.74, 6) is -0.468. The van der Waals surface area contributed by atoms with Crippen molar-refractivity contribution in [3.05, 3.63) is 35.9 Å². The zero-order valence-electron chi connectivity index (χ0n) is 9.86. The minimum atomic E-state index is -0.881. The third kappa shape index (κ3) is 2.94. The van der Waals surface area contributed by atoms with Gasteiger partial charge in [0.25, 0.3) is 0 Å².